The minimum absolute atomic E-state index is 0. The fourth-order valence-corrected chi connectivity index (χ4v) is 0.713. The maximum absolute atomic E-state index is 8.39. The van der Waals surface area contributed by atoms with Crippen molar-refractivity contribution in [1.82, 2.24) is 0 Å². The summed E-state index contributed by atoms with van der Waals surface area (Å²) in [4.78, 5) is 0. The molecule has 0 aliphatic carbocycles. The fraction of sp³-hybridized carbons (Fsp3) is 0.111. The molecule has 0 spiro atoms. The molecule has 0 saturated heterocycles. The van der Waals surface area contributed by atoms with E-state index in [-0.39, 0.29) is 34.8 Å². The van der Waals surface area contributed by atoms with Gasteiger partial charge < -0.3 is 5.11 Å². The van der Waals surface area contributed by atoms with Crippen molar-refractivity contribution < 1.29 is 9.39 Å². The van der Waals surface area contributed by atoms with Crippen LogP contribution < -0.4 is 0 Å². The van der Waals surface area contributed by atoms with Gasteiger partial charge in [-0.15, -0.1) is 0 Å². The summed E-state index contributed by atoms with van der Waals surface area (Å²) < 4.78 is 0. The van der Waals surface area contributed by atoms with Gasteiger partial charge in [0.2, 0.25) is 0 Å². The van der Waals surface area contributed by atoms with Crippen molar-refractivity contribution in [2.75, 3.05) is 6.61 Å². The second-order valence-electron chi connectivity index (χ2n) is 1.92. The van der Waals surface area contributed by atoms with E-state index in [2.05, 4.69) is 6.08 Å². The molecule has 0 aliphatic rings. The monoisotopic (exact) mass is 259 g/mol. The van der Waals surface area contributed by atoms with Gasteiger partial charge in [-0.2, -0.15) is 0 Å². The Morgan fingerprint density at radius 1 is 1.36 bits per heavy atom. The van der Waals surface area contributed by atoms with Gasteiger partial charge in [0.15, 0.2) is 0 Å². The van der Waals surface area contributed by atoms with E-state index in [9.17, 15) is 0 Å². The van der Waals surface area contributed by atoms with Crippen molar-refractivity contribution in [2.24, 2.45) is 0 Å². The number of rotatable bonds is 2. The SMILES string of the molecule is OC[C]=Cc1ccccc1.[HH].[HH].[HH].[Sn]. The van der Waals surface area contributed by atoms with Gasteiger partial charge in [0.25, 0.3) is 0 Å². The molecule has 1 N–H and O–H groups in total. The predicted octanol–water partition coefficient (Wildman–Crippen LogP) is 1.85. The molecule has 1 aromatic rings. The number of aliphatic hydroxyl groups excluding tert-OH is 1. The van der Waals surface area contributed by atoms with E-state index in [0.29, 0.717) is 0 Å². The summed E-state index contributed by atoms with van der Waals surface area (Å²) >= 11 is 0. The minimum atomic E-state index is -0.0190. The number of aliphatic hydroxyl groups is 1. The molecular formula is C9H15OSn. The molecule has 0 atom stereocenters. The van der Waals surface area contributed by atoms with Crippen molar-refractivity contribution in [2.45, 2.75) is 0 Å². The summed E-state index contributed by atoms with van der Waals surface area (Å²) in [7, 11) is 0. The van der Waals surface area contributed by atoms with Crippen molar-refractivity contribution in [3.8, 4) is 0 Å². The van der Waals surface area contributed by atoms with E-state index in [1.165, 1.54) is 0 Å². The van der Waals surface area contributed by atoms with Crippen molar-refractivity contribution in [3.05, 3.63) is 42.0 Å². The summed E-state index contributed by atoms with van der Waals surface area (Å²) in [6.45, 7) is -0.0190. The Labute approximate surface area is 88.2 Å². The number of benzene rings is 1. The van der Waals surface area contributed by atoms with Gasteiger partial charge in [-0.1, -0.05) is 30.3 Å². The Kier molecular flexibility index (Phi) is 6.27. The van der Waals surface area contributed by atoms with Crippen LogP contribution in [0.1, 0.15) is 9.84 Å². The number of hydrogen-bond donors (Lipinski definition) is 1. The van der Waals surface area contributed by atoms with E-state index in [1.54, 1.807) is 6.08 Å². The molecule has 0 aromatic heterocycles. The largest absolute Gasteiger partial charge is 0.392 e. The molecule has 11 heavy (non-hydrogen) atoms. The minimum Gasteiger partial charge on any atom is -0.392 e. The number of hydrogen-bond acceptors (Lipinski definition) is 1. The predicted molar refractivity (Wildman–Crippen MR) is 53.3 cm³/mol. The van der Waals surface area contributed by atoms with Crippen molar-refractivity contribution in [1.29, 1.82) is 0 Å². The third-order valence-corrected chi connectivity index (χ3v) is 1.16. The third kappa shape index (κ3) is 4.22. The van der Waals surface area contributed by atoms with E-state index in [1.807, 2.05) is 30.3 Å². The Bertz CT molecular complexity index is 217. The molecule has 1 nitrogen and oxygen atoms in total. The van der Waals surface area contributed by atoms with Crippen LogP contribution in [-0.2, 0) is 0 Å². The summed E-state index contributed by atoms with van der Waals surface area (Å²) in [5, 5.41) is 8.39. The molecule has 0 heterocycles. The zero-order valence-corrected chi connectivity index (χ0v) is 8.97. The molecular weight excluding hydrogens is 243 g/mol. The Hall–Kier alpha value is -0.281. The Morgan fingerprint density at radius 2 is 2.00 bits per heavy atom. The quantitative estimate of drug-likeness (QED) is 0.802. The topological polar surface area (TPSA) is 20.2 Å². The standard InChI is InChI=1S/C9H9O.Sn.3H2/c10-8-4-7-9-5-2-1-3-6-9;;;;/h1-3,5-7,10H,8H2;;3*1H. The molecule has 0 saturated carbocycles. The molecule has 0 bridgehead atoms. The first kappa shape index (κ1) is 10.7. The fourth-order valence-electron chi connectivity index (χ4n) is 0.713. The van der Waals surface area contributed by atoms with Crippen LogP contribution in [0.2, 0.25) is 0 Å². The van der Waals surface area contributed by atoms with Crippen LogP contribution >= 0.6 is 0 Å². The van der Waals surface area contributed by atoms with E-state index >= 15 is 0 Å². The molecule has 0 amide bonds. The van der Waals surface area contributed by atoms with E-state index < -0.39 is 0 Å². The van der Waals surface area contributed by atoms with Crippen LogP contribution in [0.15, 0.2) is 30.3 Å². The zero-order valence-electron chi connectivity index (χ0n) is 6.12. The third-order valence-electron chi connectivity index (χ3n) is 1.16. The maximum Gasteiger partial charge on any atom is 0.0685 e. The average molecular weight is 258 g/mol. The molecule has 0 aliphatic heterocycles. The van der Waals surface area contributed by atoms with Gasteiger partial charge in [-0.3, -0.25) is 0 Å². The van der Waals surface area contributed by atoms with E-state index in [4.69, 9.17) is 5.11 Å². The summed E-state index contributed by atoms with van der Waals surface area (Å²) in [5.74, 6) is 0. The molecule has 1 aromatic carbocycles. The first-order valence-electron chi connectivity index (χ1n) is 3.16. The van der Waals surface area contributed by atoms with Crippen LogP contribution in [0, 0.1) is 6.08 Å². The van der Waals surface area contributed by atoms with Gasteiger partial charge in [-0.25, -0.2) is 0 Å². The molecule has 2 heteroatoms. The van der Waals surface area contributed by atoms with Gasteiger partial charge in [0.05, 0.1) is 6.61 Å². The average Bonchev–Trinajstić information content (AvgIpc) is 2.03. The first-order valence-corrected chi connectivity index (χ1v) is 3.16. The van der Waals surface area contributed by atoms with Gasteiger partial charge in [-0.05, 0) is 17.7 Å². The van der Waals surface area contributed by atoms with Crippen LogP contribution in [0.5, 0.6) is 0 Å². The zero-order chi connectivity index (χ0) is 7.23. The molecule has 5 radical (unpaired) electrons. The molecule has 1 rings (SSSR count). The second-order valence-corrected chi connectivity index (χ2v) is 1.92. The van der Waals surface area contributed by atoms with Crippen LogP contribution in [-0.4, -0.2) is 35.6 Å². The van der Waals surface area contributed by atoms with Crippen LogP contribution in [0.25, 0.3) is 6.08 Å². The first-order chi connectivity index (χ1) is 4.93. The van der Waals surface area contributed by atoms with Gasteiger partial charge in [0.1, 0.15) is 0 Å². The van der Waals surface area contributed by atoms with Gasteiger partial charge >= 0.3 is 0 Å². The van der Waals surface area contributed by atoms with Crippen molar-refractivity contribution >= 4 is 30.0 Å². The molecule has 0 fully saturated rings. The normalized spacial score (nSPS) is 9.55. The molecule has 61 valence electrons. The Balaban J connectivity index is -0.000000125. The smallest absolute Gasteiger partial charge is 0.0685 e. The molecule has 0 unspecified atom stereocenters. The maximum atomic E-state index is 8.39. The summed E-state index contributed by atoms with van der Waals surface area (Å²) in [6.07, 6.45) is 4.46. The van der Waals surface area contributed by atoms with Crippen LogP contribution in [0.3, 0.4) is 0 Å². The Morgan fingerprint density at radius 3 is 2.55 bits per heavy atom. The van der Waals surface area contributed by atoms with Gasteiger partial charge in [0, 0.05) is 28.2 Å². The summed E-state index contributed by atoms with van der Waals surface area (Å²) in [5.41, 5.74) is 1.07. The van der Waals surface area contributed by atoms with Crippen molar-refractivity contribution in [3.63, 3.8) is 0 Å². The summed E-state index contributed by atoms with van der Waals surface area (Å²) in [6, 6.07) is 9.78. The van der Waals surface area contributed by atoms with E-state index in [0.717, 1.165) is 5.56 Å². The second kappa shape index (κ2) is 6.43. The van der Waals surface area contributed by atoms with Crippen LogP contribution in [0.4, 0.5) is 0 Å².